The molecule has 0 spiro atoms. The normalized spacial score (nSPS) is 10.6. The van der Waals surface area contributed by atoms with Gasteiger partial charge in [-0.1, -0.05) is 19.1 Å². The van der Waals surface area contributed by atoms with Crippen molar-refractivity contribution in [2.75, 3.05) is 17.2 Å². The van der Waals surface area contributed by atoms with Crippen molar-refractivity contribution in [3.05, 3.63) is 42.4 Å². The third kappa shape index (κ3) is 3.11. The van der Waals surface area contributed by atoms with E-state index in [-0.39, 0.29) is 0 Å². The van der Waals surface area contributed by atoms with E-state index in [4.69, 9.17) is 0 Å². The lowest BCUT2D eigenvalue weighted by Gasteiger charge is -2.09. The van der Waals surface area contributed by atoms with Crippen molar-refractivity contribution < 1.29 is 0 Å². The van der Waals surface area contributed by atoms with E-state index in [2.05, 4.69) is 56.5 Å². The number of nitrogens with zero attached hydrogens (tertiary/aromatic N) is 4. The highest BCUT2D eigenvalue weighted by molar-refractivity contribution is 5.87. The van der Waals surface area contributed by atoms with E-state index in [1.165, 1.54) is 11.9 Å². The smallest absolute Gasteiger partial charge is 0.223 e. The fourth-order valence-electron chi connectivity index (χ4n) is 2.13. The standard InChI is InChI=1S/C16H18N6/c1-3-7-17-16-18-9-13-14(22-16)15(20-10-19-13)21-12-6-4-5-11(2)8-12/h4-6,8-10H,3,7H2,1-2H3,(H,17,18,22)(H,19,20,21). The summed E-state index contributed by atoms with van der Waals surface area (Å²) in [6.45, 7) is 4.99. The molecule has 6 heteroatoms. The SMILES string of the molecule is CCCNc1ncc2ncnc(Nc3cccc(C)c3)c2n1. The van der Waals surface area contributed by atoms with Gasteiger partial charge in [0, 0.05) is 12.2 Å². The molecule has 1 aromatic carbocycles. The fourth-order valence-corrected chi connectivity index (χ4v) is 2.13. The summed E-state index contributed by atoms with van der Waals surface area (Å²) < 4.78 is 0. The summed E-state index contributed by atoms with van der Waals surface area (Å²) in [7, 11) is 0. The van der Waals surface area contributed by atoms with Crippen LogP contribution in [0.3, 0.4) is 0 Å². The highest BCUT2D eigenvalue weighted by Gasteiger charge is 2.08. The van der Waals surface area contributed by atoms with Crippen molar-refractivity contribution >= 4 is 28.5 Å². The van der Waals surface area contributed by atoms with Crippen LogP contribution in [0, 0.1) is 6.92 Å². The van der Waals surface area contributed by atoms with Crippen LogP contribution in [-0.2, 0) is 0 Å². The van der Waals surface area contributed by atoms with Crippen molar-refractivity contribution in [1.29, 1.82) is 0 Å². The Bertz CT molecular complexity index is 786. The lowest BCUT2D eigenvalue weighted by Crippen LogP contribution is -2.05. The van der Waals surface area contributed by atoms with Gasteiger partial charge in [-0.3, -0.25) is 0 Å². The Balaban J connectivity index is 1.97. The molecule has 0 aliphatic heterocycles. The Morgan fingerprint density at radius 2 is 2.05 bits per heavy atom. The lowest BCUT2D eigenvalue weighted by atomic mass is 10.2. The third-order valence-corrected chi connectivity index (χ3v) is 3.19. The fraction of sp³-hybridized carbons (Fsp3) is 0.250. The molecule has 3 rings (SSSR count). The average molecular weight is 294 g/mol. The molecule has 2 N–H and O–H groups in total. The Labute approximate surface area is 129 Å². The van der Waals surface area contributed by atoms with Crippen LogP contribution >= 0.6 is 0 Å². The van der Waals surface area contributed by atoms with Crippen LogP contribution in [-0.4, -0.2) is 26.5 Å². The van der Waals surface area contributed by atoms with Gasteiger partial charge in [0.2, 0.25) is 5.95 Å². The highest BCUT2D eigenvalue weighted by atomic mass is 15.1. The van der Waals surface area contributed by atoms with Gasteiger partial charge in [0.25, 0.3) is 0 Å². The molecule has 0 saturated carbocycles. The third-order valence-electron chi connectivity index (χ3n) is 3.19. The first-order chi connectivity index (χ1) is 10.8. The summed E-state index contributed by atoms with van der Waals surface area (Å²) in [6, 6.07) is 8.12. The molecule has 0 aliphatic carbocycles. The number of aryl methyl sites for hydroxylation is 1. The van der Waals surface area contributed by atoms with Gasteiger partial charge in [0.05, 0.1) is 6.20 Å². The van der Waals surface area contributed by atoms with Gasteiger partial charge >= 0.3 is 0 Å². The molecule has 22 heavy (non-hydrogen) atoms. The predicted octanol–water partition coefficient (Wildman–Crippen LogP) is 3.29. The van der Waals surface area contributed by atoms with Gasteiger partial charge in [-0.15, -0.1) is 0 Å². The summed E-state index contributed by atoms with van der Waals surface area (Å²) in [5.74, 6) is 1.27. The number of aromatic nitrogens is 4. The minimum atomic E-state index is 0.594. The quantitative estimate of drug-likeness (QED) is 0.752. The van der Waals surface area contributed by atoms with Crippen LogP contribution < -0.4 is 10.6 Å². The van der Waals surface area contributed by atoms with Gasteiger partial charge in [-0.25, -0.2) is 19.9 Å². The van der Waals surface area contributed by atoms with Crippen LogP contribution in [0.4, 0.5) is 17.5 Å². The largest absolute Gasteiger partial charge is 0.354 e. The number of anilines is 3. The van der Waals surface area contributed by atoms with E-state index in [1.807, 2.05) is 12.1 Å². The van der Waals surface area contributed by atoms with Gasteiger partial charge < -0.3 is 10.6 Å². The number of fused-ring (bicyclic) bond motifs is 1. The zero-order valence-electron chi connectivity index (χ0n) is 12.7. The molecule has 0 fully saturated rings. The molecule has 0 bridgehead atoms. The molecule has 2 aromatic heterocycles. The van der Waals surface area contributed by atoms with E-state index in [0.29, 0.717) is 22.8 Å². The van der Waals surface area contributed by atoms with Gasteiger partial charge in [0.1, 0.15) is 17.4 Å². The maximum Gasteiger partial charge on any atom is 0.223 e. The van der Waals surface area contributed by atoms with Gasteiger partial charge in [-0.2, -0.15) is 0 Å². The van der Waals surface area contributed by atoms with Crippen LogP contribution in [0.5, 0.6) is 0 Å². The first-order valence-electron chi connectivity index (χ1n) is 7.31. The molecule has 3 aromatic rings. The molecule has 0 aliphatic rings. The zero-order chi connectivity index (χ0) is 15.4. The zero-order valence-corrected chi connectivity index (χ0v) is 12.7. The first-order valence-corrected chi connectivity index (χ1v) is 7.31. The number of benzene rings is 1. The van der Waals surface area contributed by atoms with E-state index >= 15 is 0 Å². The summed E-state index contributed by atoms with van der Waals surface area (Å²) in [6.07, 6.45) is 4.24. The average Bonchev–Trinajstić information content (AvgIpc) is 2.53. The minimum Gasteiger partial charge on any atom is -0.354 e. The van der Waals surface area contributed by atoms with Crippen LogP contribution in [0.1, 0.15) is 18.9 Å². The van der Waals surface area contributed by atoms with E-state index in [1.54, 1.807) is 6.20 Å². The van der Waals surface area contributed by atoms with Crippen molar-refractivity contribution in [1.82, 2.24) is 19.9 Å². The Morgan fingerprint density at radius 1 is 1.14 bits per heavy atom. The lowest BCUT2D eigenvalue weighted by molar-refractivity contribution is 0.956. The summed E-state index contributed by atoms with van der Waals surface area (Å²) in [4.78, 5) is 17.3. The molecule has 2 heterocycles. The first kappa shape index (κ1) is 14.2. The van der Waals surface area contributed by atoms with Crippen LogP contribution in [0.25, 0.3) is 11.0 Å². The van der Waals surface area contributed by atoms with Gasteiger partial charge in [0.15, 0.2) is 5.82 Å². The molecular formula is C16H18N6. The van der Waals surface area contributed by atoms with Crippen molar-refractivity contribution in [3.8, 4) is 0 Å². The summed E-state index contributed by atoms with van der Waals surface area (Å²) in [5.41, 5.74) is 3.58. The van der Waals surface area contributed by atoms with Crippen molar-refractivity contribution in [2.45, 2.75) is 20.3 Å². The summed E-state index contributed by atoms with van der Waals surface area (Å²) in [5, 5.41) is 6.48. The molecule has 0 saturated heterocycles. The molecule has 6 nitrogen and oxygen atoms in total. The predicted molar refractivity (Wildman–Crippen MR) is 88.4 cm³/mol. The Kier molecular flexibility index (Phi) is 4.09. The minimum absolute atomic E-state index is 0.594. The number of hydrogen-bond acceptors (Lipinski definition) is 6. The number of rotatable bonds is 5. The topological polar surface area (TPSA) is 75.6 Å². The second-order valence-corrected chi connectivity index (χ2v) is 5.07. The number of hydrogen-bond donors (Lipinski definition) is 2. The molecule has 0 unspecified atom stereocenters. The maximum atomic E-state index is 4.52. The highest BCUT2D eigenvalue weighted by Crippen LogP contribution is 2.22. The Morgan fingerprint density at radius 3 is 2.86 bits per heavy atom. The Hall–Kier alpha value is -2.76. The molecule has 0 amide bonds. The second kappa shape index (κ2) is 6.34. The van der Waals surface area contributed by atoms with Crippen molar-refractivity contribution in [3.63, 3.8) is 0 Å². The second-order valence-electron chi connectivity index (χ2n) is 5.07. The van der Waals surface area contributed by atoms with E-state index in [0.717, 1.165) is 18.7 Å². The molecule has 0 radical (unpaired) electrons. The van der Waals surface area contributed by atoms with Crippen molar-refractivity contribution in [2.24, 2.45) is 0 Å². The summed E-state index contributed by atoms with van der Waals surface area (Å²) >= 11 is 0. The van der Waals surface area contributed by atoms with Crippen LogP contribution in [0.2, 0.25) is 0 Å². The number of nitrogens with one attached hydrogen (secondary N) is 2. The molecule has 0 atom stereocenters. The van der Waals surface area contributed by atoms with Crippen LogP contribution in [0.15, 0.2) is 36.8 Å². The van der Waals surface area contributed by atoms with E-state index in [9.17, 15) is 0 Å². The van der Waals surface area contributed by atoms with Gasteiger partial charge in [-0.05, 0) is 31.0 Å². The van der Waals surface area contributed by atoms with E-state index < -0.39 is 0 Å². The molecule has 112 valence electrons. The maximum absolute atomic E-state index is 4.52. The monoisotopic (exact) mass is 294 g/mol. The molecular weight excluding hydrogens is 276 g/mol.